The first-order valence-electron chi connectivity index (χ1n) is 8.11. The van der Waals surface area contributed by atoms with Gasteiger partial charge in [0.25, 0.3) is 10.2 Å². The normalized spacial score (nSPS) is 26.8. The highest BCUT2D eigenvalue weighted by molar-refractivity contribution is 7.87. The average molecular weight is 318 g/mol. The Morgan fingerprint density at radius 1 is 1.14 bits per heavy atom. The van der Waals surface area contributed by atoms with Gasteiger partial charge in [0.2, 0.25) is 0 Å². The lowest BCUT2D eigenvalue weighted by molar-refractivity contribution is 0.263. The van der Waals surface area contributed by atoms with E-state index in [4.69, 9.17) is 5.73 Å². The summed E-state index contributed by atoms with van der Waals surface area (Å²) < 4.78 is 29.0. The maximum atomic E-state index is 12.3. The first kappa shape index (κ1) is 17.1. The Balaban J connectivity index is 1.77. The topological polar surface area (TPSA) is 78.7 Å². The third-order valence-electron chi connectivity index (χ3n) is 4.85. The van der Waals surface area contributed by atoms with E-state index < -0.39 is 10.2 Å². The van der Waals surface area contributed by atoms with Crippen molar-refractivity contribution in [2.24, 2.45) is 17.6 Å². The molecule has 2 saturated heterocycles. The van der Waals surface area contributed by atoms with Crippen molar-refractivity contribution in [3.8, 4) is 0 Å². The van der Waals surface area contributed by atoms with E-state index in [-0.39, 0.29) is 0 Å². The number of hydrogen-bond acceptors (Lipinski definition) is 4. The highest BCUT2D eigenvalue weighted by Gasteiger charge is 2.29. The number of hydrogen-bond donors (Lipinski definition) is 2. The maximum absolute atomic E-state index is 12.3. The summed E-state index contributed by atoms with van der Waals surface area (Å²) in [6.07, 6.45) is 2.83. The molecule has 2 aliphatic heterocycles. The molecule has 1 unspecified atom stereocenters. The van der Waals surface area contributed by atoms with Crippen LogP contribution in [0.3, 0.4) is 0 Å². The van der Waals surface area contributed by atoms with Crippen LogP contribution in [0.15, 0.2) is 0 Å². The van der Waals surface area contributed by atoms with E-state index in [1.54, 1.807) is 4.31 Å². The minimum Gasteiger partial charge on any atom is -0.330 e. The van der Waals surface area contributed by atoms with Gasteiger partial charge in [0, 0.05) is 32.2 Å². The van der Waals surface area contributed by atoms with Gasteiger partial charge in [-0.1, -0.05) is 0 Å². The van der Waals surface area contributed by atoms with Crippen LogP contribution in [-0.4, -0.2) is 62.9 Å². The SMILES string of the molecule is CC(C)N1CCC(CNS(=O)(=O)N2CCC(CN)CC2)C1. The van der Waals surface area contributed by atoms with Crippen LogP contribution < -0.4 is 10.5 Å². The summed E-state index contributed by atoms with van der Waals surface area (Å²) in [6.45, 7) is 8.86. The Morgan fingerprint density at radius 2 is 1.76 bits per heavy atom. The Hall–Kier alpha value is -0.210. The number of likely N-dealkylation sites (tertiary alicyclic amines) is 1. The van der Waals surface area contributed by atoms with Gasteiger partial charge >= 0.3 is 0 Å². The predicted octanol–water partition coefficient (Wildman–Crippen LogP) is 0.222. The molecule has 21 heavy (non-hydrogen) atoms. The van der Waals surface area contributed by atoms with Gasteiger partial charge in [-0.25, -0.2) is 4.72 Å². The molecule has 2 heterocycles. The first-order chi connectivity index (χ1) is 9.92. The molecule has 3 N–H and O–H groups in total. The van der Waals surface area contributed by atoms with Crippen LogP contribution in [0.5, 0.6) is 0 Å². The second kappa shape index (κ2) is 7.37. The minimum atomic E-state index is -3.32. The molecule has 2 rings (SSSR count). The lowest BCUT2D eigenvalue weighted by atomic mass is 9.99. The molecule has 0 aromatic carbocycles. The average Bonchev–Trinajstić information content (AvgIpc) is 2.94. The van der Waals surface area contributed by atoms with Gasteiger partial charge in [0.05, 0.1) is 0 Å². The Morgan fingerprint density at radius 3 is 2.29 bits per heavy atom. The summed E-state index contributed by atoms with van der Waals surface area (Å²) in [6, 6.07) is 0.543. The molecule has 0 aliphatic carbocycles. The van der Waals surface area contributed by atoms with Crippen LogP contribution >= 0.6 is 0 Å². The summed E-state index contributed by atoms with van der Waals surface area (Å²) in [4.78, 5) is 2.41. The fourth-order valence-electron chi connectivity index (χ4n) is 3.20. The Kier molecular flexibility index (Phi) is 6.02. The van der Waals surface area contributed by atoms with Crippen LogP contribution in [0.4, 0.5) is 0 Å². The zero-order valence-electron chi connectivity index (χ0n) is 13.3. The maximum Gasteiger partial charge on any atom is 0.279 e. The first-order valence-corrected chi connectivity index (χ1v) is 9.55. The summed E-state index contributed by atoms with van der Waals surface area (Å²) in [5.74, 6) is 0.912. The molecule has 6 nitrogen and oxygen atoms in total. The summed E-state index contributed by atoms with van der Waals surface area (Å²) >= 11 is 0. The number of piperidine rings is 1. The summed E-state index contributed by atoms with van der Waals surface area (Å²) in [7, 11) is -3.32. The van der Waals surface area contributed by atoms with Crippen molar-refractivity contribution in [2.75, 3.05) is 39.3 Å². The molecule has 0 radical (unpaired) electrons. The number of rotatable bonds is 6. The highest BCUT2D eigenvalue weighted by Crippen LogP contribution is 2.20. The number of nitrogens with zero attached hydrogens (tertiary/aromatic N) is 2. The van der Waals surface area contributed by atoms with E-state index in [0.717, 1.165) is 32.4 Å². The number of nitrogens with two attached hydrogens (primary N) is 1. The largest absolute Gasteiger partial charge is 0.330 e. The van der Waals surface area contributed by atoms with E-state index in [1.807, 2.05) is 0 Å². The van der Waals surface area contributed by atoms with Crippen molar-refractivity contribution in [3.63, 3.8) is 0 Å². The Bertz CT molecular complexity index is 419. The van der Waals surface area contributed by atoms with Gasteiger partial charge in [0.1, 0.15) is 0 Å². The zero-order valence-corrected chi connectivity index (χ0v) is 14.1. The van der Waals surface area contributed by atoms with Crippen molar-refractivity contribution in [1.82, 2.24) is 13.9 Å². The molecule has 0 amide bonds. The summed E-state index contributed by atoms with van der Waals surface area (Å²) in [5.41, 5.74) is 5.65. The quantitative estimate of drug-likeness (QED) is 0.734. The molecule has 1 atom stereocenters. The van der Waals surface area contributed by atoms with Crippen LogP contribution in [0.2, 0.25) is 0 Å². The van der Waals surface area contributed by atoms with Crippen LogP contribution in [-0.2, 0) is 10.2 Å². The smallest absolute Gasteiger partial charge is 0.279 e. The zero-order chi connectivity index (χ0) is 15.5. The van der Waals surface area contributed by atoms with Crippen LogP contribution in [0, 0.1) is 11.8 Å². The van der Waals surface area contributed by atoms with Crippen LogP contribution in [0.25, 0.3) is 0 Å². The molecule has 0 spiro atoms. The van der Waals surface area contributed by atoms with Crippen molar-refractivity contribution >= 4 is 10.2 Å². The molecular formula is C14H30N4O2S. The highest BCUT2D eigenvalue weighted by atomic mass is 32.2. The lowest BCUT2D eigenvalue weighted by Crippen LogP contribution is -2.47. The molecule has 2 aliphatic rings. The molecular weight excluding hydrogens is 288 g/mol. The van der Waals surface area contributed by atoms with E-state index in [1.165, 1.54) is 0 Å². The van der Waals surface area contributed by atoms with E-state index in [2.05, 4.69) is 23.5 Å². The van der Waals surface area contributed by atoms with Crippen LogP contribution in [0.1, 0.15) is 33.1 Å². The molecule has 7 heteroatoms. The van der Waals surface area contributed by atoms with Gasteiger partial charge < -0.3 is 10.6 Å². The standard InChI is InChI=1S/C14H30N4O2S/c1-12(2)17-6-3-14(11-17)10-16-21(19,20)18-7-4-13(9-15)5-8-18/h12-14,16H,3-11,15H2,1-2H3. The van der Waals surface area contributed by atoms with Gasteiger partial charge in [0.15, 0.2) is 0 Å². The molecule has 124 valence electrons. The second-order valence-corrected chi connectivity index (χ2v) is 8.43. The third kappa shape index (κ3) is 4.63. The van der Waals surface area contributed by atoms with Crippen molar-refractivity contribution in [2.45, 2.75) is 39.2 Å². The van der Waals surface area contributed by atoms with E-state index in [0.29, 0.717) is 44.1 Å². The van der Waals surface area contributed by atoms with Gasteiger partial charge in [-0.2, -0.15) is 12.7 Å². The fourth-order valence-corrected chi connectivity index (χ4v) is 4.52. The van der Waals surface area contributed by atoms with E-state index >= 15 is 0 Å². The lowest BCUT2D eigenvalue weighted by Gasteiger charge is -2.30. The van der Waals surface area contributed by atoms with Crippen molar-refractivity contribution in [1.29, 1.82) is 0 Å². The van der Waals surface area contributed by atoms with Gasteiger partial charge in [-0.05, 0) is 58.0 Å². The monoisotopic (exact) mass is 318 g/mol. The molecule has 0 aromatic rings. The second-order valence-electron chi connectivity index (χ2n) is 6.68. The van der Waals surface area contributed by atoms with Crippen molar-refractivity contribution in [3.05, 3.63) is 0 Å². The fraction of sp³-hybridized carbons (Fsp3) is 1.00. The van der Waals surface area contributed by atoms with Gasteiger partial charge in [-0.15, -0.1) is 0 Å². The van der Waals surface area contributed by atoms with Gasteiger partial charge in [-0.3, -0.25) is 0 Å². The molecule has 0 saturated carbocycles. The minimum absolute atomic E-state index is 0.434. The predicted molar refractivity (Wildman–Crippen MR) is 85.1 cm³/mol. The third-order valence-corrected chi connectivity index (χ3v) is 6.43. The number of nitrogens with one attached hydrogen (secondary N) is 1. The molecule has 2 fully saturated rings. The Labute approximate surface area is 129 Å². The van der Waals surface area contributed by atoms with Crippen molar-refractivity contribution < 1.29 is 8.42 Å². The summed E-state index contributed by atoms with van der Waals surface area (Å²) in [5, 5.41) is 0. The molecule has 0 aromatic heterocycles. The molecule has 0 bridgehead atoms. The van der Waals surface area contributed by atoms with E-state index in [9.17, 15) is 8.42 Å².